The number of anilines is 3. The number of hydrogen-bond donors (Lipinski definition) is 0. The Morgan fingerprint density at radius 3 is 1.37 bits per heavy atom. The molecule has 1 heteroatoms. The highest BCUT2D eigenvalue weighted by atomic mass is 15.1. The van der Waals surface area contributed by atoms with Gasteiger partial charge in [-0.3, -0.25) is 0 Å². The molecule has 0 bridgehead atoms. The predicted octanol–water partition coefficient (Wildman–Crippen LogP) is 16.6. The van der Waals surface area contributed by atoms with E-state index in [0.29, 0.717) is 0 Å². The summed E-state index contributed by atoms with van der Waals surface area (Å²) in [6.07, 6.45) is 2.64. The zero-order valence-corrected chi connectivity index (χ0v) is 35.3. The minimum Gasteiger partial charge on any atom is -0.310 e. The number of nitrogens with zero attached hydrogens (tertiary/aromatic N) is 1. The minimum atomic E-state index is -0.243. The average Bonchev–Trinajstić information content (AvgIpc) is 3.66. The first-order valence-electron chi connectivity index (χ1n) is 21.4. The first-order valence-corrected chi connectivity index (χ1v) is 21.4. The Morgan fingerprint density at radius 2 is 0.780 bits per heavy atom. The average molecular weight is 764 g/mol. The largest absolute Gasteiger partial charge is 0.310 e. The third-order valence-corrected chi connectivity index (χ3v) is 12.7. The molecule has 2 aliphatic carbocycles. The van der Waals surface area contributed by atoms with Crippen LogP contribution >= 0.6 is 0 Å². The molecule has 0 aliphatic heterocycles. The second kappa shape index (κ2) is 15.4. The van der Waals surface area contributed by atoms with Gasteiger partial charge < -0.3 is 4.90 Å². The molecule has 0 saturated heterocycles. The van der Waals surface area contributed by atoms with Crippen molar-refractivity contribution in [1.29, 1.82) is 0 Å². The van der Waals surface area contributed by atoms with Gasteiger partial charge in [-0.1, -0.05) is 200 Å². The maximum absolute atomic E-state index is 2.49. The summed E-state index contributed by atoms with van der Waals surface area (Å²) in [5.74, 6) is 0. The van der Waals surface area contributed by atoms with Crippen LogP contribution < -0.4 is 4.90 Å². The van der Waals surface area contributed by atoms with E-state index < -0.39 is 0 Å². The van der Waals surface area contributed by atoms with Gasteiger partial charge in [0.15, 0.2) is 0 Å². The van der Waals surface area contributed by atoms with Crippen molar-refractivity contribution < 1.29 is 0 Å². The molecule has 10 rings (SSSR count). The molecule has 0 N–H and O–H groups in total. The van der Waals surface area contributed by atoms with E-state index in [2.05, 4.69) is 234 Å². The first kappa shape index (κ1) is 38.1. The smallest absolute Gasteiger partial charge is 0.0540 e. The molecule has 8 aromatic rings. The quantitative estimate of drug-likeness (QED) is 0.156. The van der Waals surface area contributed by atoms with Crippen molar-refractivity contribution in [1.82, 2.24) is 0 Å². The molecule has 290 valence electrons. The standard InChI is InChI=1S/C54H43N.C4H10/c1-53(2)48-26-16-14-25-43(48)44-30-28-40(34-49(44)53)55(51-27-17-15-24-42(51)37-20-10-6-11-21-37)41-29-31-45-47-33-39(36-18-8-5-9-19-36)32-46(38-22-12-7-13-23-38)52(47)54(3,4)50(45)35-41;1-3-4-2/h5-35H,1-4H3;3-4H2,1-2H3. The molecule has 0 saturated carbocycles. The van der Waals surface area contributed by atoms with Gasteiger partial charge in [0.25, 0.3) is 0 Å². The van der Waals surface area contributed by atoms with E-state index in [-0.39, 0.29) is 10.8 Å². The molecule has 0 spiro atoms. The first-order chi connectivity index (χ1) is 28.7. The Balaban J connectivity index is 0.00000108. The highest BCUT2D eigenvalue weighted by Crippen LogP contribution is 2.56. The van der Waals surface area contributed by atoms with Crippen molar-refractivity contribution in [2.75, 3.05) is 4.90 Å². The summed E-state index contributed by atoms with van der Waals surface area (Å²) in [5, 5.41) is 0. The predicted molar refractivity (Wildman–Crippen MR) is 253 cm³/mol. The number of rotatable bonds is 7. The zero-order valence-electron chi connectivity index (χ0n) is 35.3. The third kappa shape index (κ3) is 6.60. The second-order valence-corrected chi connectivity index (χ2v) is 17.2. The van der Waals surface area contributed by atoms with Crippen LogP contribution in [0.5, 0.6) is 0 Å². The molecule has 0 amide bonds. The van der Waals surface area contributed by atoms with E-state index in [1.807, 2.05) is 0 Å². The molecule has 8 aromatic carbocycles. The van der Waals surface area contributed by atoms with E-state index >= 15 is 0 Å². The van der Waals surface area contributed by atoms with E-state index in [9.17, 15) is 0 Å². The minimum absolute atomic E-state index is 0.113. The van der Waals surface area contributed by atoms with Crippen molar-refractivity contribution in [3.63, 3.8) is 0 Å². The maximum atomic E-state index is 2.49. The van der Waals surface area contributed by atoms with E-state index in [0.717, 1.165) is 17.1 Å². The zero-order chi connectivity index (χ0) is 40.7. The number of fused-ring (bicyclic) bond motifs is 6. The monoisotopic (exact) mass is 763 g/mol. The van der Waals surface area contributed by atoms with Crippen molar-refractivity contribution >= 4 is 17.1 Å². The van der Waals surface area contributed by atoms with Crippen LogP contribution in [0, 0.1) is 0 Å². The molecule has 0 heterocycles. The maximum Gasteiger partial charge on any atom is 0.0540 e. The Kier molecular flexibility index (Phi) is 9.93. The molecule has 2 aliphatic rings. The number of benzene rings is 8. The van der Waals surface area contributed by atoms with Crippen LogP contribution in [0.25, 0.3) is 55.6 Å². The van der Waals surface area contributed by atoms with Crippen LogP contribution in [-0.2, 0) is 10.8 Å². The Morgan fingerprint density at radius 1 is 0.339 bits per heavy atom. The lowest BCUT2D eigenvalue weighted by atomic mass is 9.78. The fourth-order valence-corrected chi connectivity index (χ4v) is 9.52. The molecule has 0 aromatic heterocycles. The van der Waals surface area contributed by atoms with Gasteiger partial charge >= 0.3 is 0 Å². The summed E-state index contributed by atoms with van der Waals surface area (Å²) in [6.45, 7) is 13.9. The molecular weight excluding hydrogens is 711 g/mol. The number of hydrogen-bond acceptors (Lipinski definition) is 1. The molecule has 0 atom stereocenters. The summed E-state index contributed by atoms with van der Waals surface area (Å²) in [5.41, 5.74) is 21.3. The van der Waals surface area contributed by atoms with Crippen molar-refractivity contribution in [2.24, 2.45) is 0 Å². The van der Waals surface area contributed by atoms with Crippen LogP contribution in [0.15, 0.2) is 188 Å². The van der Waals surface area contributed by atoms with Gasteiger partial charge in [-0.05, 0) is 115 Å². The van der Waals surface area contributed by atoms with Crippen LogP contribution in [0.3, 0.4) is 0 Å². The van der Waals surface area contributed by atoms with Crippen molar-refractivity contribution in [3.05, 3.63) is 210 Å². The number of para-hydroxylation sites is 1. The molecule has 0 radical (unpaired) electrons. The van der Waals surface area contributed by atoms with Gasteiger partial charge in [-0.2, -0.15) is 0 Å². The summed E-state index contributed by atoms with van der Waals surface area (Å²) in [4.78, 5) is 2.49. The molecule has 0 unspecified atom stereocenters. The summed E-state index contributed by atoms with van der Waals surface area (Å²) < 4.78 is 0. The topological polar surface area (TPSA) is 3.24 Å². The third-order valence-electron chi connectivity index (χ3n) is 12.7. The van der Waals surface area contributed by atoms with Gasteiger partial charge in [0, 0.05) is 27.8 Å². The highest BCUT2D eigenvalue weighted by Gasteiger charge is 2.40. The summed E-state index contributed by atoms with van der Waals surface area (Å²) in [7, 11) is 0. The van der Waals surface area contributed by atoms with E-state index in [1.165, 1.54) is 90.7 Å². The van der Waals surface area contributed by atoms with Gasteiger partial charge in [-0.25, -0.2) is 0 Å². The van der Waals surface area contributed by atoms with Crippen LogP contribution in [0.4, 0.5) is 17.1 Å². The molecule has 59 heavy (non-hydrogen) atoms. The molecule has 0 fully saturated rings. The number of unbranched alkanes of at least 4 members (excludes halogenated alkanes) is 1. The SMILES string of the molecule is CC1(C)c2ccccc2-c2ccc(N(c3ccc4c(c3)C(C)(C)c3c(-c5ccccc5)cc(-c5ccccc5)cc3-4)c3ccccc3-c3ccccc3)cc21.CCCC. The van der Waals surface area contributed by atoms with Gasteiger partial charge in [0.2, 0.25) is 0 Å². The van der Waals surface area contributed by atoms with Crippen LogP contribution in [-0.4, -0.2) is 0 Å². The highest BCUT2D eigenvalue weighted by molar-refractivity contribution is 5.95. The fraction of sp³-hybridized carbons (Fsp3) is 0.172. The van der Waals surface area contributed by atoms with Crippen LogP contribution in [0.1, 0.15) is 76.6 Å². The Bertz CT molecular complexity index is 2770. The van der Waals surface area contributed by atoms with Crippen LogP contribution in [0.2, 0.25) is 0 Å². The summed E-state index contributed by atoms with van der Waals surface area (Å²) >= 11 is 0. The second-order valence-electron chi connectivity index (χ2n) is 17.2. The van der Waals surface area contributed by atoms with Gasteiger partial charge in [0.05, 0.1) is 5.69 Å². The summed E-state index contributed by atoms with van der Waals surface area (Å²) in [6, 6.07) is 69.5. The Labute approximate surface area is 351 Å². The Hall–Kier alpha value is -6.44. The van der Waals surface area contributed by atoms with Crippen molar-refractivity contribution in [3.8, 4) is 55.6 Å². The molecule has 1 nitrogen and oxygen atoms in total. The normalized spacial score (nSPS) is 13.7. The lowest BCUT2D eigenvalue weighted by Gasteiger charge is -2.31. The van der Waals surface area contributed by atoms with E-state index in [1.54, 1.807) is 0 Å². The van der Waals surface area contributed by atoms with Crippen molar-refractivity contribution in [2.45, 2.75) is 65.2 Å². The lowest BCUT2D eigenvalue weighted by Crippen LogP contribution is -2.18. The van der Waals surface area contributed by atoms with Gasteiger partial charge in [0.1, 0.15) is 0 Å². The lowest BCUT2D eigenvalue weighted by molar-refractivity contribution is 0.660. The van der Waals surface area contributed by atoms with Gasteiger partial charge in [-0.15, -0.1) is 0 Å². The van der Waals surface area contributed by atoms with E-state index in [4.69, 9.17) is 0 Å². The molecular formula is C58H53N. The fourth-order valence-electron chi connectivity index (χ4n) is 9.52.